The van der Waals surface area contributed by atoms with Gasteiger partial charge in [0, 0.05) is 17.7 Å². The van der Waals surface area contributed by atoms with Crippen molar-refractivity contribution >= 4 is 5.97 Å². The van der Waals surface area contributed by atoms with Gasteiger partial charge < -0.3 is 19.7 Å². The Morgan fingerprint density at radius 3 is 2.36 bits per heavy atom. The molecule has 1 aliphatic carbocycles. The van der Waals surface area contributed by atoms with E-state index in [0.717, 1.165) is 18.6 Å². The molecule has 5 nitrogen and oxygen atoms in total. The fraction of sp³-hybridized carbons (Fsp3) is 0.464. The zero-order valence-electron chi connectivity index (χ0n) is 20.2. The Labute approximate surface area is 196 Å². The molecule has 33 heavy (non-hydrogen) atoms. The van der Waals surface area contributed by atoms with Gasteiger partial charge in [0.1, 0.15) is 18.5 Å². The average molecular weight is 451 g/mol. The lowest BCUT2D eigenvalue weighted by molar-refractivity contribution is 0.0697. The Hall–Kier alpha value is -2.81. The fourth-order valence-electron chi connectivity index (χ4n) is 4.31. The van der Waals surface area contributed by atoms with Crippen molar-refractivity contribution in [2.45, 2.75) is 64.4 Å². The zero-order valence-corrected chi connectivity index (χ0v) is 20.2. The Balaban J connectivity index is 1.97. The first-order chi connectivity index (χ1) is 15.5. The van der Waals surface area contributed by atoms with E-state index in [1.165, 1.54) is 23.3 Å². The summed E-state index contributed by atoms with van der Waals surface area (Å²) in [4.78, 5) is 11.0. The van der Waals surface area contributed by atoms with Crippen LogP contribution in [0.15, 0.2) is 36.4 Å². The number of ether oxygens (including phenoxy) is 2. The number of aliphatic hydroxyl groups is 1. The molecule has 2 aromatic carbocycles. The van der Waals surface area contributed by atoms with E-state index in [-0.39, 0.29) is 16.4 Å². The van der Waals surface area contributed by atoms with Crippen LogP contribution >= 0.6 is 0 Å². The highest BCUT2D eigenvalue weighted by molar-refractivity contribution is 5.87. The van der Waals surface area contributed by atoms with Crippen molar-refractivity contribution in [3.8, 4) is 17.6 Å². The molecule has 0 saturated heterocycles. The summed E-state index contributed by atoms with van der Waals surface area (Å²) in [5.41, 5.74) is 3.85. The highest BCUT2D eigenvalue weighted by atomic mass is 16.5. The lowest BCUT2D eigenvalue weighted by Crippen LogP contribution is -2.34. The Bertz CT molecular complexity index is 1050. The number of aliphatic hydroxyl groups excluding tert-OH is 1. The third-order valence-corrected chi connectivity index (χ3v) is 6.40. The van der Waals surface area contributed by atoms with Crippen LogP contribution in [0.1, 0.15) is 86.2 Å². The second-order valence-corrected chi connectivity index (χ2v) is 9.81. The summed E-state index contributed by atoms with van der Waals surface area (Å²) < 4.78 is 11.6. The third kappa shape index (κ3) is 5.76. The van der Waals surface area contributed by atoms with Crippen LogP contribution in [0, 0.1) is 11.8 Å². The molecule has 0 aromatic heterocycles. The quantitative estimate of drug-likeness (QED) is 0.446. The molecule has 2 aromatic rings. The van der Waals surface area contributed by atoms with E-state index >= 15 is 0 Å². The molecule has 0 bridgehead atoms. The number of benzene rings is 2. The van der Waals surface area contributed by atoms with Crippen LogP contribution < -0.4 is 4.74 Å². The van der Waals surface area contributed by atoms with Crippen molar-refractivity contribution in [2.24, 2.45) is 0 Å². The number of hydrogen-bond donors (Lipinski definition) is 2. The molecule has 0 spiro atoms. The molecule has 1 atom stereocenters. The van der Waals surface area contributed by atoms with Gasteiger partial charge >= 0.3 is 5.97 Å². The predicted molar refractivity (Wildman–Crippen MR) is 129 cm³/mol. The number of carbonyl (C=O) groups is 1. The van der Waals surface area contributed by atoms with Crippen LogP contribution in [-0.2, 0) is 15.6 Å². The minimum absolute atomic E-state index is 0.0349. The number of fused-ring (bicyclic) bond motifs is 1. The van der Waals surface area contributed by atoms with E-state index in [1.807, 2.05) is 13.0 Å². The van der Waals surface area contributed by atoms with E-state index in [0.29, 0.717) is 30.9 Å². The first-order valence-corrected chi connectivity index (χ1v) is 11.5. The largest absolute Gasteiger partial charge is 0.491 e. The van der Waals surface area contributed by atoms with Gasteiger partial charge in [-0.3, -0.25) is 0 Å². The minimum atomic E-state index is -0.996. The molecule has 176 valence electrons. The first kappa shape index (κ1) is 24.8. The van der Waals surface area contributed by atoms with Crippen molar-refractivity contribution in [1.29, 1.82) is 0 Å². The SMILES string of the molecule is CCOCCOc1cc([C@H](O)C#Cc2ccc(C(=O)O)cc2)cc2c1C(C)(C)CCC2(C)C. The highest BCUT2D eigenvalue weighted by Gasteiger charge is 2.40. The number of rotatable bonds is 7. The smallest absolute Gasteiger partial charge is 0.335 e. The van der Waals surface area contributed by atoms with Gasteiger partial charge in [-0.2, -0.15) is 0 Å². The summed E-state index contributed by atoms with van der Waals surface area (Å²) in [5.74, 6) is 5.66. The molecular weight excluding hydrogens is 416 g/mol. The van der Waals surface area contributed by atoms with E-state index in [4.69, 9.17) is 14.6 Å². The lowest BCUT2D eigenvalue weighted by Gasteiger charge is -2.43. The Morgan fingerprint density at radius 1 is 1.06 bits per heavy atom. The van der Waals surface area contributed by atoms with E-state index in [2.05, 4.69) is 45.6 Å². The van der Waals surface area contributed by atoms with Crippen molar-refractivity contribution in [2.75, 3.05) is 19.8 Å². The van der Waals surface area contributed by atoms with Gasteiger partial charge in [-0.25, -0.2) is 4.79 Å². The maximum Gasteiger partial charge on any atom is 0.335 e. The molecule has 0 unspecified atom stereocenters. The standard InChI is InChI=1S/C28H34O5/c1-6-32-15-16-33-24-18-21(17-22-25(24)28(4,5)14-13-27(22,2)3)23(29)12-9-19-7-10-20(11-8-19)26(30)31/h7-8,10-11,17-18,23,29H,6,13-16H2,1-5H3,(H,30,31)/t23-/m1/s1. The third-order valence-electron chi connectivity index (χ3n) is 6.40. The first-order valence-electron chi connectivity index (χ1n) is 11.5. The van der Waals surface area contributed by atoms with Crippen molar-refractivity contribution in [3.05, 3.63) is 64.2 Å². The maximum absolute atomic E-state index is 11.0. The van der Waals surface area contributed by atoms with Gasteiger partial charge in [0.15, 0.2) is 0 Å². The van der Waals surface area contributed by atoms with Crippen LogP contribution in [0.2, 0.25) is 0 Å². The van der Waals surface area contributed by atoms with Gasteiger partial charge in [0.2, 0.25) is 0 Å². The second-order valence-electron chi connectivity index (χ2n) is 9.81. The van der Waals surface area contributed by atoms with Crippen LogP contribution in [-0.4, -0.2) is 36.0 Å². The maximum atomic E-state index is 11.0. The van der Waals surface area contributed by atoms with Crippen LogP contribution in [0.5, 0.6) is 5.75 Å². The summed E-state index contributed by atoms with van der Waals surface area (Å²) in [6, 6.07) is 10.3. The monoisotopic (exact) mass is 450 g/mol. The van der Waals surface area contributed by atoms with Gasteiger partial charge in [-0.1, -0.05) is 45.6 Å². The highest BCUT2D eigenvalue weighted by Crippen LogP contribution is 2.50. The van der Waals surface area contributed by atoms with Crippen molar-refractivity contribution in [1.82, 2.24) is 0 Å². The van der Waals surface area contributed by atoms with Crippen molar-refractivity contribution < 1.29 is 24.5 Å². The van der Waals surface area contributed by atoms with Gasteiger partial charge in [-0.15, -0.1) is 0 Å². The number of hydrogen-bond acceptors (Lipinski definition) is 4. The minimum Gasteiger partial charge on any atom is -0.491 e. The molecule has 0 radical (unpaired) electrons. The predicted octanol–water partition coefficient (Wildman–Crippen LogP) is 5.23. The zero-order chi connectivity index (χ0) is 24.2. The Morgan fingerprint density at radius 2 is 1.73 bits per heavy atom. The fourth-order valence-corrected chi connectivity index (χ4v) is 4.31. The normalized spacial score (nSPS) is 16.8. The van der Waals surface area contributed by atoms with Crippen molar-refractivity contribution in [3.63, 3.8) is 0 Å². The second kappa shape index (κ2) is 9.99. The molecule has 0 heterocycles. The van der Waals surface area contributed by atoms with Crippen LogP contribution in [0.3, 0.4) is 0 Å². The van der Waals surface area contributed by atoms with E-state index < -0.39 is 12.1 Å². The summed E-state index contributed by atoms with van der Waals surface area (Å²) in [6.07, 6.45) is 1.11. The molecule has 0 saturated carbocycles. The number of aromatic carboxylic acids is 1. The van der Waals surface area contributed by atoms with Gasteiger partial charge in [0.05, 0.1) is 12.2 Å². The molecule has 0 fully saturated rings. The van der Waals surface area contributed by atoms with E-state index in [1.54, 1.807) is 12.1 Å². The van der Waals surface area contributed by atoms with Gasteiger partial charge in [0.25, 0.3) is 0 Å². The molecule has 0 aliphatic heterocycles. The topological polar surface area (TPSA) is 76.0 Å². The summed E-state index contributed by atoms with van der Waals surface area (Å²) >= 11 is 0. The lowest BCUT2D eigenvalue weighted by atomic mass is 9.62. The van der Waals surface area contributed by atoms with Gasteiger partial charge in [-0.05, 0) is 72.1 Å². The molecule has 0 amide bonds. The summed E-state index contributed by atoms with van der Waals surface area (Å²) in [7, 11) is 0. The molecule has 1 aliphatic rings. The molecule has 2 N–H and O–H groups in total. The number of carboxylic acid groups (broad SMARTS) is 1. The molecule has 5 heteroatoms. The number of carboxylic acids is 1. The molecule has 3 rings (SSSR count). The molecular formula is C28H34O5. The summed E-state index contributed by atoms with van der Waals surface area (Å²) in [6.45, 7) is 12.5. The summed E-state index contributed by atoms with van der Waals surface area (Å²) in [5, 5.41) is 20.0. The average Bonchev–Trinajstić information content (AvgIpc) is 2.78. The van der Waals surface area contributed by atoms with E-state index in [9.17, 15) is 9.90 Å². The van der Waals surface area contributed by atoms with Crippen LogP contribution in [0.25, 0.3) is 0 Å². The van der Waals surface area contributed by atoms with Crippen LogP contribution in [0.4, 0.5) is 0 Å². The Kier molecular flexibility index (Phi) is 7.51.